The van der Waals surface area contributed by atoms with Gasteiger partial charge in [-0.2, -0.15) is 4.98 Å². The van der Waals surface area contributed by atoms with E-state index in [1.165, 1.54) is 6.33 Å². The summed E-state index contributed by atoms with van der Waals surface area (Å²) in [5.74, 6) is 1.54. The van der Waals surface area contributed by atoms with E-state index >= 15 is 0 Å². The van der Waals surface area contributed by atoms with Crippen molar-refractivity contribution in [3.8, 4) is 23.1 Å². The van der Waals surface area contributed by atoms with Crippen molar-refractivity contribution in [2.75, 3.05) is 26.1 Å². The Morgan fingerprint density at radius 3 is 2.50 bits per heavy atom. The van der Waals surface area contributed by atoms with Crippen LogP contribution in [0, 0.1) is 0 Å². The number of benzene rings is 1. The zero-order chi connectivity index (χ0) is 20.9. The van der Waals surface area contributed by atoms with Crippen LogP contribution in [-0.2, 0) is 4.43 Å². The quantitative estimate of drug-likeness (QED) is 0.474. The molecule has 0 aliphatic carbocycles. The highest BCUT2D eigenvalue weighted by Gasteiger charge is 2.36. The second kappa shape index (κ2) is 8.98. The number of rotatable bonds is 8. The largest absolute Gasteiger partial charge is 0.497 e. The molecule has 0 radical (unpaired) electrons. The SMILES string of the molecule is COc1ccc(Cl)c(Oc2c(N)ncnc2OCCO[Si](C)(C)C(C)(C)C)c1. The molecule has 2 N–H and O–H groups in total. The number of aromatic nitrogens is 2. The number of nitrogens with two attached hydrogens (primary N) is 1. The van der Waals surface area contributed by atoms with Crippen LogP contribution in [0.5, 0.6) is 23.1 Å². The molecule has 9 heteroatoms. The van der Waals surface area contributed by atoms with Gasteiger partial charge in [-0.25, -0.2) is 4.98 Å². The Hall–Kier alpha value is -2.03. The average Bonchev–Trinajstić information content (AvgIpc) is 2.61. The molecule has 0 saturated heterocycles. The van der Waals surface area contributed by atoms with Gasteiger partial charge in [-0.05, 0) is 30.3 Å². The minimum Gasteiger partial charge on any atom is -0.497 e. The van der Waals surface area contributed by atoms with Crippen molar-refractivity contribution in [3.63, 3.8) is 0 Å². The molecule has 154 valence electrons. The summed E-state index contributed by atoms with van der Waals surface area (Å²) < 4.78 is 22.9. The first kappa shape index (κ1) is 22.3. The number of nitrogens with zero attached hydrogens (tertiary/aromatic N) is 2. The van der Waals surface area contributed by atoms with Gasteiger partial charge in [0.05, 0.1) is 18.7 Å². The highest BCUT2D eigenvalue weighted by Crippen LogP contribution is 2.39. The average molecular weight is 426 g/mol. The summed E-state index contributed by atoms with van der Waals surface area (Å²) in [5, 5.41) is 0.528. The molecule has 0 amide bonds. The Kier molecular flexibility index (Phi) is 7.14. The minimum atomic E-state index is -1.85. The van der Waals surface area contributed by atoms with E-state index in [0.29, 0.717) is 29.7 Å². The molecule has 7 nitrogen and oxygen atoms in total. The lowest BCUT2D eigenvalue weighted by atomic mass is 10.2. The third-order valence-corrected chi connectivity index (χ3v) is 9.59. The summed E-state index contributed by atoms with van der Waals surface area (Å²) in [4.78, 5) is 8.10. The van der Waals surface area contributed by atoms with E-state index in [2.05, 4.69) is 43.8 Å². The topological polar surface area (TPSA) is 88.7 Å². The van der Waals surface area contributed by atoms with Crippen molar-refractivity contribution in [2.45, 2.75) is 38.9 Å². The van der Waals surface area contributed by atoms with Gasteiger partial charge in [0.2, 0.25) is 5.75 Å². The van der Waals surface area contributed by atoms with Crippen molar-refractivity contribution in [3.05, 3.63) is 29.5 Å². The number of methoxy groups -OCH3 is 1. The zero-order valence-corrected chi connectivity index (χ0v) is 19.0. The van der Waals surface area contributed by atoms with E-state index < -0.39 is 8.32 Å². The first-order valence-corrected chi connectivity index (χ1v) is 12.2. The fourth-order valence-corrected chi connectivity index (χ4v) is 3.20. The first-order valence-electron chi connectivity index (χ1n) is 8.94. The monoisotopic (exact) mass is 425 g/mol. The lowest BCUT2D eigenvalue weighted by Crippen LogP contribution is -2.41. The Balaban J connectivity index is 2.10. The predicted molar refractivity (Wildman–Crippen MR) is 113 cm³/mol. The molecule has 0 bridgehead atoms. The van der Waals surface area contributed by atoms with E-state index in [0.717, 1.165) is 0 Å². The van der Waals surface area contributed by atoms with Crippen LogP contribution in [0.2, 0.25) is 23.2 Å². The Labute approximate surface area is 172 Å². The number of halogens is 1. The number of hydrogen-bond donors (Lipinski definition) is 1. The second-order valence-electron chi connectivity index (χ2n) is 7.75. The molecule has 0 aliphatic rings. The van der Waals surface area contributed by atoms with Crippen LogP contribution >= 0.6 is 11.6 Å². The molecule has 1 aromatic carbocycles. The number of ether oxygens (including phenoxy) is 3. The molecule has 0 fully saturated rings. The third-order valence-electron chi connectivity index (χ3n) is 4.74. The van der Waals surface area contributed by atoms with Gasteiger partial charge < -0.3 is 24.4 Å². The Morgan fingerprint density at radius 1 is 1.14 bits per heavy atom. The van der Waals surface area contributed by atoms with Crippen LogP contribution in [-0.4, -0.2) is 38.6 Å². The zero-order valence-electron chi connectivity index (χ0n) is 17.2. The number of nitrogen functional groups attached to an aromatic ring is 1. The van der Waals surface area contributed by atoms with Crippen LogP contribution in [0.4, 0.5) is 5.82 Å². The third kappa shape index (κ3) is 5.49. The molecule has 2 aromatic rings. The fourth-order valence-electron chi connectivity index (χ4n) is 2.02. The summed E-state index contributed by atoms with van der Waals surface area (Å²) >= 11 is 6.21. The molecule has 1 aromatic heterocycles. The van der Waals surface area contributed by atoms with Crippen molar-refractivity contribution < 1.29 is 18.6 Å². The van der Waals surface area contributed by atoms with Crippen LogP contribution in [0.3, 0.4) is 0 Å². The molecular weight excluding hydrogens is 398 g/mol. The normalized spacial score (nSPS) is 12.0. The fraction of sp³-hybridized carbons (Fsp3) is 0.474. The van der Waals surface area contributed by atoms with Gasteiger partial charge in [0.15, 0.2) is 14.1 Å². The van der Waals surface area contributed by atoms with Crippen LogP contribution in [0.25, 0.3) is 0 Å². The van der Waals surface area contributed by atoms with Crippen molar-refractivity contribution in [1.82, 2.24) is 9.97 Å². The van der Waals surface area contributed by atoms with Crippen LogP contribution in [0.15, 0.2) is 24.5 Å². The summed E-state index contributed by atoms with van der Waals surface area (Å²) in [5.41, 5.74) is 5.97. The predicted octanol–water partition coefficient (Wildman–Crippen LogP) is 4.91. The van der Waals surface area contributed by atoms with Crippen molar-refractivity contribution >= 4 is 25.7 Å². The van der Waals surface area contributed by atoms with Gasteiger partial charge in [0.1, 0.15) is 24.4 Å². The van der Waals surface area contributed by atoms with E-state index in [4.69, 9.17) is 36.0 Å². The van der Waals surface area contributed by atoms with Crippen molar-refractivity contribution in [1.29, 1.82) is 0 Å². The molecule has 0 atom stereocenters. The highest BCUT2D eigenvalue weighted by atomic mass is 35.5. The Bertz CT molecular complexity index is 812. The van der Waals surface area contributed by atoms with Crippen molar-refractivity contribution in [2.24, 2.45) is 0 Å². The molecule has 2 rings (SSSR count). The van der Waals surface area contributed by atoms with Gasteiger partial charge in [0.25, 0.3) is 5.88 Å². The van der Waals surface area contributed by atoms with E-state index in [1.807, 2.05) is 0 Å². The summed E-state index contributed by atoms with van der Waals surface area (Å²) in [6.45, 7) is 11.7. The molecule has 1 heterocycles. The standard InChI is InChI=1S/C19H28ClN3O4Si/c1-19(2,3)28(5,6)26-10-9-25-18-16(17(21)22-12-23-18)27-15-11-13(24-4)7-8-14(15)20/h7-8,11-12H,9-10H2,1-6H3,(H2,21,22,23). The smallest absolute Gasteiger partial charge is 0.263 e. The highest BCUT2D eigenvalue weighted by molar-refractivity contribution is 6.74. The lowest BCUT2D eigenvalue weighted by Gasteiger charge is -2.36. The van der Waals surface area contributed by atoms with E-state index in [-0.39, 0.29) is 22.5 Å². The molecule has 0 spiro atoms. The molecular formula is C19H28ClN3O4Si. The lowest BCUT2D eigenvalue weighted by molar-refractivity contribution is 0.195. The van der Waals surface area contributed by atoms with Gasteiger partial charge in [-0.1, -0.05) is 32.4 Å². The summed E-state index contributed by atoms with van der Waals surface area (Å²) in [7, 11) is -0.287. The number of anilines is 1. The van der Waals surface area contributed by atoms with Crippen LogP contribution in [0.1, 0.15) is 20.8 Å². The minimum absolute atomic E-state index is 0.129. The van der Waals surface area contributed by atoms with E-state index in [9.17, 15) is 0 Å². The molecule has 0 saturated carbocycles. The Morgan fingerprint density at radius 2 is 1.86 bits per heavy atom. The molecule has 0 aliphatic heterocycles. The van der Waals surface area contributed by atoms with Gasteiger partial charge in [-0.3, -0.25) is 0 Å². The van der Waals surface area contributed by atoms with E-state index in [1.54, 1.807) is 25.3 Å². The maximum absolute atomic E-state index is 6.21. The number of hydrogen-bond acceptors (Lipinski definition) is 7. The second-order valence-corrected chi connectivity index (χ2v) is 13.0. The summed E-state index contributed by atoms with van der Waals surface area (Å²) in [6.07, 6.45) is 1.32. The molecule has 28 heavy (non-hydrogen) atoms. The maximum Gasteiger partial charge on any atom is 0.263 e. The van der Waals surface area contributed by atoms with Gasteiger partial charge >= 0.3 is 0 Å². The van der Waals surface area contributed by atoms with Gasteiger partial charge in [-0.15, -0.1) is 0 Å². The van der Waals surface area contributed by atoms with Crippen LogP contribution < -0.4 is 19.9 Å². The summed E-state index contributed by atoms with van der Waals surface area (Å²) in [6, 6.07) is 5.05. The maximum atomic E-state index is 6.21. The first-order chi connectivity index (χ1) is 13.0. The van der Waals surface area contributed by atoms with Gasteiger partial charge in [0, 0.05) is 6.07 Å². The molecule has 0 unspecified atom stereocenters.